The Bertz CT molecular complexity index is 2500. The van der Waals surface area contributed by atoms with Crippen LogP contribution in [0.5, 0.6) is 0 Å². The van der Waals surface area contributed by atoms with Gasteiger partial charge >= 0.3 is 0 Å². The Balaban J connectivity index is 0.744. The minimum atomic E-state index is -2.86. The summed E-state index contributed by atoms with van der Waals surface area (Å²) in [6.45, 7) is 5.89. The third kappa shape index (κ3) is 8.92. The first-order valence-corrected chi connectivity index (χ1v) is 21.7. The second-order valence-corrected chi connectivity index (χ2v) is 16.7. The molecule has 3 amide bonds. The van der Waals surface area contributed by atoms with Crippen LogP contribution in [0.15, 0.2) is 42.9 Å². The fraction of sp³-hybridized carbons (Fsp3) is 0.523. The molecule has 1 atom stereocenters. The van der Waals surface area contributed by atoms with E-state index in [2.05, 4.69) is 47.6 Å². The van der Waals surface area contributed by atoms with Crippen molar-refractivity contribution in [3.8, 4) is 11.8 Å². The lowest BCUT2D eigenvalue weighted by atomic mass is 9.85. The first-order valence-electron chi connectivity index (χ1n) is 21.7. The Morgan fingerprint density at radius 2 is 1.87 bits per heavy atom. The monoisotopic (exact) mass is 851 g/mol. The third-order valence-corrected chi connectivity index (χ3v) is 12.7. The second kappa shape index (κ2) is 18.3. The Kier molecular flexibility index (Phi) is 12.3. The van der Waals surface area contributed by atoms with Crippen molar-refractivity contribution in [3.05, 3.63) is 65.4 Å². The number of hydrogen-bond acceptors (Lipinski definition) is 11. The lowest BCUT2D eigenvalue weighted by Gasteiger charge is -2.36. The number of rotatable bonds is 10. The summed E-state index contributed by atoms with van der Waals surface area (Å²) in [6.07, 6.45) is 8.93. The molecule has 0 spiro atoms. The first-order chi connectivity index (χ1) is 30.2. The number of halogens is 2. The van der Waals surface area contributed by atoms with Crippen LogP contribution in [0.1, 0.15) is 103 Å². The average molecular weight is 852 g/mol. The predicted molar refractivity (Wildman–Crippen MR) is 225 cm³/mol. The van der Waals surface area contributed by atoms with Crippen molar-refractivity contribution in [2.45, 2.75) is 82.3 Å². The van der Waals surface area contributed by atoms with Crippen molar-refractivity contribution >= 4 is 45.8 Å². The summed E-state index contributed by atoms with van der Waals surface area (Å²) in [5.74, 6) is 6.03. The van der Waals surface area contributed by atoms with Crippen molar-refractivity contribution in [2.75, 3.05) is 62.8 Å². The van der Waals surface area contributed by atoms with Crippen molar-refractivity contribution in [1.29, 1.82) is 0 Å². The topological polar surface area (TPSA) is 166 Å². The van der Waals surface area contributed by atoms with E-state index in [0.717, 1.165) is 87.6 Å². The molecule has 9 rings (SSSR count). The van der Waals surface area contributed by atoms with Crippen molar-refractivity contribution in [1.82, 2.24) is 44.4 Å². The summed E-state index contributed by atoms with van der Waals surface area (Å²) in [7, 11) is 1.84. The fourth-order valence-electron chi connectivity index (χ4n) is 9.39. The van der Waals surface area contributed by atoms with Gasteiger partial charge in [-0.3, -0.25) is 29.1 Å². The van der Waals surface area contributed by atoms with Crippen LogP contribution in [0.3, 0.4) is 0 Å². The van der Waals surface area contributed by atoms with Gasteiger partial charge < -0.3 is 24.6 Å². The third-order valence-electron chi connectivity index (χ3n) is 12.7. The lowest BCUT2D eigenvalue weighted by molar-refractivity contribution is -0.134. The quantitative estimate of drug-likeness (QED) is 0.143. The minimum Gasteiger partial charge on any atom is -0.380 e. The summed E-state index contributed by atoms with van der Waals surface area (Å²) in [5, 5.41) is 19.2. The van der Waals surface area contributed by atoms with Gasteiger partial charge in [0.05, 0.1) is 53.3 Å². The lowest BCUT2D eigenvalue weighted by Crippen LogP contribution is -2.40. The minimum absolute atomic E-state index is 0.00485. The van der Waals surface area contributed by atoms with Crippen LogP contribution in [0, 0.1) is 17.8 Å². The molecule has 62 heavy (non-hydrogen) atoms. The number of amides is 3. The standard InChI is InChI=1S/C44H51F2N11O5/c1-53-40-29(5-2-7-32(40)38(51-53)33-12-13-37(58)50-43(33)59)6-3-23-62-31-14-18-54(19-15-31)26-28-8-10-30(11-9-28)57-27-35(39(52-57)41(45)46)48-44(60)34-25-47-56-20-16-36(49-42(34)56)55-17-4-22-61-24-21-55/h2,5,7,16,20,25,27-28,30-31,33,41H,4,8-15,17-19,21-24,26H2,1H3,(H,48,60)(H,50,58,59). The van der Waals surface area contributed by atoms with Crippen LogP contribution in [-0.2, 0) is 26.1 Å². The van der Waals surface area contributed by atoms with E-state index in [1.807, 2.05) is 31.3 Å². The number of benzene rings is 1. The van der Waals surface area contributed by atoms with Crippen molar-refractivity contribution < 1.29 is 32.6 Å². The van der Waals surface area contributed by atoms with Gasteiger partial charge in [0.25, 0.3) is 12.3 Å². The van der Waals surface area contributed by atoms with Crippen LogP contribution in [0.25, 0.3) is 16.6 Å². The first kappa shape index (κ1) is 41.6. The Labute approximate surface area is 357 Å². The van der Waals surface area contributed by atoms with E-state index >= 15 is 0 Å². The highest BCUT2D eigenvalue weighted by atomic mass is 19.3. The highest BCUT2D eigenvalue weighted by molar-refractivity contribution is 6.08. The number of alkyl halides is 2. The van der Waals surface area contributed by atoms with E-state index in [1.54, 1.807) is 21.8 Å². The Morgan fingerprint density at radius 1 is 1.03 bits per heavy atom. The summed E-state index contributed by atoms with van der Waals surface area (Å²) in [5.41, 5.74) is 2.41. The average Bonchev–Trinajstić information content (AvgIpc) is 3.92. The van der Waals surface area contributed by atoms with Crippen molar-refractivity contribution in [2.24, 2.45) is 13.0 Å². The highest BCUT2D eigenvalue weighted by Gasteiger charge is 2.33. The largest absolute Gasteiger partial charge is 0.380 e. The maximum absolute atomic E-state index is 14.3. The second-order valence-electron chi connectivity index (χ2n) is 16.7. The van der Waals surface area contributed by atoms with Gasteiger partial charge in [-0.1, -0.05) is 24.0 Å². The highest BCUT2D eigenvalue weighted by Crippen LogP contribution is 2.36. The molecule has 4 aromatic heterocycles. The van der Waals surface area contributed by atoms with E-state index in [1.165, 1.54) is 10.7 Å². The number of nitrogens with one attached hydrogen (secondary N) is 2. The summed E-state index contributed by atoms with van der Waals surface area (Å²) >= 11 is 0. The molecule has 0 bridgehead atoms. The number of para-hydroxylation sites is 1. The molecule has 1 saturated carbocycles. The molecule has 326 valence electrons. The number of likely N-dealkylation sites (tertiary alicyclic amines) is 1. The number of imide groups is 1. The molecule has 5 aromatic rings. The molecule has 18 heteroatoms. The number of hydrogen-bond donors (Lipinski definition) is 2. The maximum Gasteiger partial charge on any atom is 0.284 e. The van der Waals surface area contributed by atoms with Crippen molar-refractivity contribution in [3.63, 3.8) is 0 Å². The molecule has 4 aliphatic rings. The van der Waals surface area contributed by atoms with Crippen LogP contribution in [0.2, 0.25) is 0 Å². The number of aromatic nitrogens is 7. The van der Waals surface area contributed by atoms with Crippen LogP contribution in [0.4, 0.5) is 20.3 Å². The molecule has 7 heterocycles. The molecular weight excluding hydrogens is 801 g/mol. The zero-order valence-electron chi connectivity index (χ0n) is 34.8. The van der Waals surface area contributed by atoms with Gasteiger partial charge in [-0.15, -0.1) is 0 Å². The van der Waals surface area contributed by atoms with Gasteiger partial charge in [-0.25, -0.2) is 18.3 Å². The number of aryl methyl sites for hydroxylation is 1. The van der Waals surface area contributed by atoms with Gasteiger partial charge in [0.15, 0.2) is 11.3 Å². The molecule has 1 aromatic carbocycles. The fourth-order valence-corrected chi connectivity index (χ4v) is 9.39. The van der Waals surface area contributed by atoms with Gasteiger partial charge in [0.1, 0.15) is 18.0 Å². The zero-order chi connectivity index (χ0) is 42.7. The number of carbonyl (C=O) groups excluding carboxylic acids is 3. The van der Waals surface area contributed by atoms with Gasteiger partial charge in [0.2, 0.25) is 11.8 Å². The SMILES string of the molecule is Cn1nc(C2CCC(=O)NC2=O)c2cccc(C#CCOC3CCN(CC4CCC(n5cc(NC(=O)c6cnn7ccc(N8CCCOCC8)nc67)c(C(F)F)n5)CC4)CC3)c21. The zero-order valence-corrected chi connectivity index (χ0v) is 34.8. The normalized spacial score (nSPS) is 21.9. The molecule has 1 unspecified atom stereocenters. The van der Waals surface area contributed by atoms with E-state index in [-0.39, 0.29) is 35.2 Å². The van der Waals surface area contributed by atoms with E-state index in [0.29, 0.717) is 62.3 Å². The number of piperidine rings is 2. The molecule has 1 aliphatic carbocycles. The van der Waals surface area contributed by atoms with Crippen LogP contribution >= 0.6 is 0 Å². The van der Waals surface area contributed by atoms with Crippen LogP contribution in [-0.4, -0.2) is 115 Å². The number of carbonyl (C=O) groups is 3. The summed E-state index contributed by atoms with van der Waals surface area (Å²) < 4.78 is 45.2. The van der Waals surface area contributed by atoms with Gasteiger partial charge in [0, 0.05) is 70.6 Å². The summed E-state index contributed by atoms with van der Waals surface area (Å²) in [6, 6.07) is 7.60. The molecule has 0 radical (unpaired) electrons. The molecule has 16 nitrogen and oxygen atoms in total. The number of ether oxygens (including phenoxy) is 2. The van der Waals surface area contributed by atoms with E-state index in [9.17, 15) is 23.2 Å². The Morgan fingerprint density at radius 3 is 2.68 bits per heavy atom. The Hall–Kier alpha value is -5.77. The van der Waals surface area contributed by atoms with E-state index < -0.39 is 23.9 Å². The van der Waals surface area contributed by atoms with Crippen LogP contribution < -0.4 is 15.5 Å². The molecular formula is C44H51F2N11O5. The number of fused-ring (bicyclic) bond motifs is 2. The van der Waals surface area contributed by atoms with Gasteiger partial charge in [-0.2, -0.15) is 15.3 Å². The van der Waals surface area contributed by atoms with Gasteiger partial charge in [-0.05, 0) is 69.4 Å². The number of nitrogens with zero attached hydrogens (tertiary/aromatic N) is 9. The molecule has 2 N–H and O–H groups in total. The maximum atomic E-state index is 14.3. The summed E-state index contributed by atoms with van der Waals surface area (Å²) in [4.78, 5) is 47.1. The smallest absolute Gasteiger partial charge is 0.284 e. The molecule has 4 fully saturated rings. The molecule has 3 aliphatic heterocycles. The molecule has 3 saturated heterocycles. The predicted octanol–water partition coefficient (Wildman–Crippen LogP) is 5.01. The van der Waals surface area contributed by atoms with E-state index in [4.69, 9.17) is 14.5 Å². The number of anilines is 2.